The van der Waals surface area contributed by atoms with E-state index in [0.717, 1.165) is 22.4 Å². The van der Waals surface area contributed by atoms with Crippen molar-refractivity contribution in [2.75, 3.05) is 5.32 Å². The lowest BCUT2D eigenvalue weighted by atomic mass is 10.1. The van der Waals surface area contributed by atoms with Crippen LogP contribution in [0.15, 0.2) is 53.5 Å². The van der Waals surface area contributed by atoms with Gasteiger partial charge < -0.3 is 10.4 Å². The van der Waals surface area contributed by atoms with Crippen molar-refractivity contribution in [2.45, 2.75) is 19.9 Å². The molecular weight excluding hydrogens is 402 g/mol. The highest BCUT2D eigenvalue weighted by atomic mass is 32.1. The molecule has 146 valence electrons. The fourth-order valence-corrected chi connectivity index (χ4v) is 4.55. The van der Waals surface area contributed by atoms with E-state index in [1.165, 1.54) is 15.9 Å². The lowest BCUT2D eigenvalue weighted by Gasteiger charge is -2.15. The summed E-state index contributed by atoms with van der Waals surface area (Å²) < 4.78 is 1.91. The number of rotatable bonds is 4. The Morgan fingerprint density at radius 2 is 1.97 bits per heavy atom. The third-order valence-electron chi connectivity index (χ3n) is 4.77. The number of anilines is 1. The summed E-state index contributed by atoms with van der Waals surface area (Å²) in [5, 5.41) is 13.6. The van der Waals surface area contributed by atoms with Crippen LogP contribution in [-0.2, 0) is 4.79 Å². The van der Waals surface area contributed by atoms with Gasteiger partial charge in [-0.05, 0) is 50.3 Å². The van der Waals surface area contributed by atoms with E-state index in [9.17, 15) is 9.90 Å². The van der Waals surface area contributed by atoms with Gasteiger partial charge in [-0.2, -0.15) is 0 Å². The number of carbonyl (C=O) groups excluding carboxylic acids is 1. The Kier molecular flexibility index (Phi) is 5.17. The second-order valence-corrected chi connectivity index (χ2v) is 8.51. The minimum atomic E-state index is -0.656. The van der Waals surface area contributed by atoms with Crippen LogP contribution in [0.4, 0.5) is 11.4 Å². The van der Waals surface area contributed by atoms with Gasteiger partial charge >= 0.3 is 0 Å². The summed E-state index contributed by atoms with van der Waals surface area (Å²) in [4.78, 5) is 17.7. The second-order valence-electron chi connectivity index (χ2n) is 6.83. The van der Waals surface area contributed by atoms with E-state index >= 15 is 0 Å². The zero-order chi connectivity index (χ0) is 20.5. The number of carbonyl (C=O) groups is 1. The number of allylic oxidation sites excluding steroid dienone is 1. The average molecular weight is 422 g/mol. The first-order chi connectivity index (χ1) is 13.9. The van der Waals surface area contributed by atoms with Gasteiger partial charge in [-0.3, -0.25) is 14.4 Å². The molecule has 1 unspecified atom stereocenters. The van der Waals surface area contributed by atoms with Crippen LogP contribution in [0, 0.1) is 10.9 Å². The van der Waals surface area contributed by atoms with E-state index < -0.39 is 6.04 Å². The van der Waals surface area contributed by atoms with Crippen molar-refractivity contribution in [3.8, 4) is 5.88 Å². The highest BCUT2D eigenvalue weighted by Crippen LogP contribution is 2.37. The number of nitrogens with zero attached hydrogens (tertiary/aromatic N) is 2. The monoisotopic (exact) mass is 421 g/mol. The van der Waals surface area contributed by atoms with Gasteiger partial charge in [0.15, 0.2) is 3.95 Å². The Labute approximate surface area is 177 Å². The van der Waals surface area contributed by atoms with Gasteiger partial charge in [0.1, 0.15) is 6.04 Å². The normalized spacial score (nSPS) is 14.8. The fourth-order valence-electron chi connectivity index (χ4n) is 3.13. The molecule has 0 spiro atoms. The van der Waals surface area contributed by atoms with E-state index in [1.807, 2.05) is 61.5 Å². The number of nitrogens with one attached hydrogen (secondary N) is 1. The summed E-state index contributed by atoms with van der Waals surface area (Å²) in [7, 11) is 0. The summed E-state index contributed by atoms with van der Waals surface area (Å²) in [5.74, 6) is -0.262. The van der Waals surface area contributed by atoms with Gasteiger partial charge in [-0.25, -0.2) is 0 Å². The zero-order valence-corrected chi connectivity index (χ0v) is 17.6. The molecule has 0 saturated carbocycles. The minimum Gasteiger partial charge on any atom is -0.493 e. The molecule has 29 heavy (non-hydrogen) atoms. The molecule has 0 bridgehead atoms. The number of amides is 1. The maximum Gasteiger partial charge on any atom is 0.247 e. The van der Waals surface area contributed by atoms with Crippen molar-refractivity contribution < 1.29 is 9.90 Å². The summed E-state index contributed by atoms with van der Waals surface area (Å²) in [6, 6.07) is 14.7. The summed E-state index contributed by atoms with van der Waals surface area (Å²) in [6.45, 7) is 3.70. The molecule has 2 heterocycles. The largest absolute Gasteiger partial charge is 0.493 e. The number of thiazole rings is 1. The molecule has 1 amide bonds. The van der Waals surface area contributed by atoms with E-state index in [4.69, 9.17) is 12.2 Å². The molecular formula is C22H19N3O2S2. The highest BCUT2D eigenvalue weighted by molar-refractivity contribution is 7.73. The predicted octanol–water partition coefficient (Wildman–Crippen LogP) is 5.75. The van der Waals surface area contributed by atoms with Gasteiger partial charge in [0.25, 0.3) is 0 Å². The van der Waals surface area contributed by atoms with Crippen molar-refractivity contribution in [3.63, 3.8) is 0 Å². The van der Waals surface area contributed by atoms with Gasteiger partial charge in [0.05, 0.1) is 10.6 Å². The Hall–Kier alpha value is -3.03. The first-order valence-corrected chi connectivity index (χ1v) is 10.3. The Morgan fingerprint density at radius 1 is 1.24 bits per heavy atom. The summed E-state index contributed by atoms with van der Waals surface area (Å²) in [6.07, 6.45) is 3.62. The maximum atomic E-state index is 12.7. The maximum absolute atomic E-state index is 12.7. The van der Waals surface area contributed by atoms with Crippen molar-refractivity contribution in [1.82, 2.24) is 4.57 Å². The molecule has 4 rings (SSSR count). The van der Waals surface area contributed by atoms with E-state index in [0.29, 0.717) is 14.5 Å². The van der Waals surface area contributed by atoms with Crippen LogP contribution >= 0.6 is 23.6 Å². The van der Waals surface area contributed by atoms with Crippen LogP contribution in [0.2, 0.25) is 0 Å². The number of aliphatic imine (C=N–C) groups is 1. The van der Waals surface area contributed by atoms with Gasteiger partial charge in [0, 0.05) is 23.0 Å². The lowest BCUT2D eigenvalue weighted by molar-refractivity contribution is -0.118. The van der Waals surface area contributed by atoms with Crippen LogP contribution in [0.3, 0.4) is 0 Å². The first kappa shape index (κ1) is 19.3. The number of hydrogen-bond donors (Lipinski definition) is 2. The third kappa shape index (κ3) is 3.79. The predicted molar refractivity (Wildman–Crippen MR) is 122 cm³/mol. The molecule has 7 heteroatoms. The van der Waals surface area contributed by atoms with Crippen LogP contribution in [0.25, 0.3) is 11.6 Å². The van der Waals surface area contributed by atoms with Gasteiger partial charge in [0.2, 0.25) is 11.8 Å². The topological polar surface area (TPSA) is 66.6 Å². The Morgan fingerprint density at radius 3 is 2.72 bits per heavy atom. The molecule has 2 N–H and O–H groups in total. The molecule has 1 aromatic heterocycles. The Balaban J connectivity index is 1.61. The van der Waals surface area contributed by atoms with E-state index in [-0.39, 0.29) is 11.8 Å². The molecule has 0 aliphatic carbocycles. The smallest absolute Gasteiger partial charge is 0.247 e. The fraction of sp³-hybridized carbons (Fsp3) is 0.136. The molecule has 1 atom stereocenters. The zero-order valence-electron chi connectivity index (χ0n) is 15.9. The van der Waals surface area contributed by atoms with Crippen molar-refractivity contribution >= 4 is 58.7 Å². The number of aromatic hydroxyl groups is 1. The standard InChI is InChI=1S/C22H19N3O2S2/c1-13-7-9-16(10-8-13)24-20(26)14(2)25-21(27)19(29-22(25)28)11-15-12-23-18-6-4-3-5-17(15)18/h3-12,14,27H,1-2H3,(H,24,26)/b15-11-. The summed E-state index contributed by atoms with van der Waals surface area (Å²) in [5.41, 5.74) is 4.62. The summed E-state index contributed by atoms with van der Waals surface area (Å²) >= 11 is 6.70. The van der Waals surface area contributed by atoms with Crippen LogP contribution in [0.5, 0.6) is 5.88 Å². The van der Waals surface area contributed by atoms with E-state index in [2.05, 4.69) is 10.3 Å². The number of benzene rings is 2. The number of fused-ring (bicyclic) bond motifs is 1. The second kappa shape index (κ2) is 7.77. The molecule has 3 aromatic rings. The SMILES string of the molecule is Cc1ccc(NC(=O)C(C)n2c(O)c(/C=C3/C=Nc4ccccc43)sc2=S)cc1. The average Bonchev–Trinajstić information content (AvgIpc) is 3.24. The van der Waals surface area contributed by atoms with Crippen molar-refractivity contribution in [1.29, 1.82) is 0 Å². The lowest BCUT2D eigenvalue weighted by Crippen LogP contribution is -2.23. The Bertz CT molecular complexity index is 1200. The molecule has 0 fully saturated rings. The molecule has 5 nitrogen and oxygen atoms in total. The molecule has 2 aromatic carbocycles. The molecule has 1 aliphatic heterocycles. The van der Waals surface area contributed by atoms with Gasteiger partial charge in [-0.15, -0.1) is 11.3 Å². The first-order valence-electron chi connectivity index (χ1n) is 9.11. The number of hydrogen-bond acceptors (Lipinski definition) is 5. The molecule has 0 saturated heterocycles. The molecule has 1 aliphatic rings. The third-order valence-corrected chi connectivity index (χ3v) is 6.11. The quantitative estimate of drug-likeness (QED) is 0.527. The van der Waals surface area contributed by atoms with Gasteiger partial charge in [-0.1, -0.05) is 35.9 Å². The van der Waals surface area contributed by atoms with Crippen molar-refractivity contribution in [2.24, 2.45) is 4.99 Å². The highest BCUT2D eigenvalue weighted by Gasteiger charge is 2.22. The van der Waals surface area contributed by atoms with Crippen LogP contribution in [0.1, 0.15) is 29.0 Å². The molecule has 0 radical (unpaired) electrons. The minimum absolute atomic E-state index is 0.0168. The van der Waals surface area contributed by atoms with Crippen molar-refractivity contribution in [3.05, 3.63) is 68.5 Å². The number of aromatic nitrogens is 1. The number of aryl methyl sites for hydroxylation is 1. The van der Waals surface area contributed by atoms with Crippen LogP contribution in [-0.4, -0.2) is 21.8 Å². The van der Waals surface area contributed by atoms with Crippen LogP contribution < -0.4 is 5.32 Å². The number of para-hydroxylation sites is 1. The van der Waals surface area contributed by atoms with E-state index in [1.54, 1.807) is 13.1 Å².